The maximum atomic E-state index is 12.1. The van der Waals surface area contributed by atoms with Crippen LogP contribution in [0.3, 0.4) is 0 Å². The highest BCUT2D eigenvalue weighted by molar-refractivity contribution is 5.86. The second-order valence-electron chi connectivity index (χ2n) is 6.41. The molecule has 2 amide bonds. The Hall–Kier alpha value is -2.50. The highest BCUT2D eigenvalue weighted by Gasteiger charge is 2.25. The van der Waals surface area contributed by atoms with E-state index >= 15 is 0 Å². The number of hydrogen-bond donors (Lipinski definition) is 1. The van der Waals surface area contributed by atoms with E-state index < -0.39 is 5.60 Å². The number of amides is 2. The molecule has 0 spiro atoms. The molecule has 0 unspecified atom stereocenters. The van der Waals surface area contributed by atoms with Crippen molar-refractivity contribution in [2.45, 2.75) is 32.8 Å². The summed E-state index contributed by atoms with van der Waals surface area (Å²) in [6.45, 7) is 6.41. The van der Waals surface area contributed by atoms with Crippen LogP contribution in [0, 0.1) is 0 Å². The minimum Gasteiger partial charge on any atom is -0.444 e. The van der Waals surface area contributed by atoms with Crippen LogP contribution in [0.25, 0.3) is 0 Å². The number of hydrogen-bond acceptors (Lipinski definition) is 4. The average molecular weight is 317 g/mol. The maximum Gasteiger partial charge on any atom is 0.410 e. The fraction of sp³-hybridized carbons (Fsp3) is 0.412. The van der Waals surface area contributed by atoms with Crippen LogP contribution in [0.1, 0.15) is 27.2 Å². The Morgan fingerprint density at radius 2 is 2.04 bits per heavy atom. The van der Waals surface area contributed by atoms with Crippen molar-refractivity contribution >= 4 is 23.9 Å². The Kier molecular flexibility index (Phi) is 4.93. The molecule has 1 heterocycles. The molecule has 0 saturated heterocycles. The lowest BCUT2D eigenvalue weighted by atomic mass is 10.1. The first-order valence-corrected chi connectivity index (χ1v) is 7.58. The van der Waals surface area contributed by atoms with Crippen molar-refractivity contribution in [2.75, 3.05) is 23.7 Å². The van der Waals surface area contributed by atoms with Gasteiger partial charge in [0.05, 0.1) is 11.4 Å². The predicted octanol–water partition coefficient (Wildman–Crippen LogP) is 2.76. The lowest BCUT2D eigenvalue weighted by molar-refractivity contribution is -0.107. The quantitative estimate of drug-likeness (QED) is 0.687. The molecular weight excluding hydrogens is 294 g/mol. The molecule has 0 fully saturated rings. The molecule has 6 nitrogen and oxygen atoms in total. The number of rotatable bonds is 3. The van der Waals surface area contributed by atoms with Gasteiger partial charge in [0.2, 0.25) is 6.41 Å². The molecule has 124 valence electrons. The molecule has 23 heavy (non-hydrogen) atoms. The predicted molar refractivity (Wildman–Crippen MR) is 89.9 cm³/mol. The first kappa shape index (κ1) is 16.9. The lowest BCUT2D eigenvalue weighted by Gasteiger charge is -2.32. The third-order valence-corrected chi connectivity index (χ3v) is 3.45. The van der Waals surface area contributed by atoms with E-state index in [1.165, 1.54) is 4.90 Å². The number of nitrogen functional groups attached to an aromatic ring is 1. The number of carbonyl (C=O) groups excluding carboxylic acids is 2. The molecule has 6 heteroatoms. The van der Waals surface area contributed by atoms with E-state index in [9.17, 15) is 9.59 Å². The van der Waals surface area contributed by atoms with E-state index in [0.29, 0.717) is 30.9 Å². The summed E-state index contributed by atoms with van der Waals surface area (Å²) in [4.78, 5) is 26.7. The van der Waals surface area contributed by atoms with Gasteiger partial charge in [0.25, 0.3) is 0 Å². The van der Waals surface area contributed by atoms with Gasteiger partial charge in [-0.3, -0.25) is 9.69 Å². The van der Waals surface area contributed by atoms with Crippen LogP contribution in [0.15, 0.2) is 36.0 Å². The summed E-state index contributed by atoms with van der Waals surface area (Å²) >= 11 is 0. The highest BCUT2D eigenvalue weighted by Crippen LogP contribution is 2.27. The van der Waals surface area contributed by atoms with Crippen LogP contribution in [-0.2, 0) is 9.53 Å². The number of nitrogens with zero attached hydrogens (tertiary/aromatic N) is 2. The second kappa shape index (κ2) is 6.73. The van der Waals surface area contributed by atoms with E-state index in [0.717, 1.165) is 12.1 Å². The molecule has 0 bridgehead atoms. The summed E-state index contributed by atoms with van der Waals surface area (Å²) in [5.41, 5.74) is 7.44. The summed E-state index contributed by atoms with van der Waals surface area (Å²) in [6.07, 6.45) is 2.83. The van der Waals surface area contributed by atoms with Crippen molar-refractivity contribution in [2.24, 2.45) is 0 Å². The van der Waals surface area contributed by atoms with Gasteiger partial charge in [0, 0.05) is 25.2 Å². The van der Waals surface area contributed by atoms with Crippen molar-refractivity contribution < 1.29 is 14.3 Å². The summed E-state index contributed by atoms with van der Waals surface area (Å²) in [5, 5.41) is 0. The minimum absolute atomic E-state index is 0.343. The largest absolute Gasteiger partial charge is 0.444 e. The van der Waals surface area contributed by atoms with Crippen LogP contribution in [-0.4, -0.2) is 36.1 Å². The molecule has 1 aromatic carbocycles. The van der Waals surface area contributed by atoms with Crippen LogP contribution in [0.5, 0.6) is 0 Å². The zero-order chi connectivity index (χ0) is 17.0. The number of para-hydroxylation sites is 2. The summed E-state index contributed by atoms with van der Waals surface area (Å²) in [7, 11) is 0. The van der Waals surface area contributed by atoms with Gasteiger partial charge in [-0.15, -0.1) is 0 Å². The summed E-state index contributed by atoms with van der Waals surface area (Å²) in [6, 6.07) is 7.20. The Morgan fingerprint density at radius 3 is 2.57 bits per heavy atom. The molecule has 0 aromatic heterocycles. The van der Waals surface area contributed by atoms with Crippen LogP contribution >= 0.6 is 0 Å². The van der Waals surface area contributed by atoms with Gasteiger partial charge in [-0.1, -0.05) is 12.1 Å². The molecular formula is C17H23N3O3. The summed E-state index contributed by atoms with van der Waals surface area (Å²) < 4.78 is 5.36. The number of benzene rings is 1. The minimum atomic E-state index is -0.519. The summed E-state index contributed by atoms with van der Waals surface area (Å²) in [5.74, 6) is 0. The average Bonchev–Trinajstić information content (AvgIpc) is 2.49. The molecule has 2 rings (SSSR count). The molecule has 0 radical (unpaired) electrons. The van der Waals surface area contributed by atoms with Crippen molar-refractivity contribution in [1.82, 2.24) is 4.90 Å². The van der Waals surface area contributed by atoms with Crippen molar-refractivity contribution in [1.29, 1.82) is 0 Å². The Morgan fingerprint density at radius 1 is 1.35 bits per heavy atom. The first-order valence-electron chi connectivity index (χ1n) is 7.58. The normalized spacial score (nSPS) is 14.9. The van der Waals surface area contributed by atoms with Crippen molar-refractivity contribution in [3.05, 3.63) is 36.0 Å². The van der Waals surface area contributed by atoms with E-state index in [4.69, 9.17) is 10.5 Å². The SMILES string of the molecule is CC(C)(C)OC(=O)N1CC=C(N(C=O)c2ccccc2N)CC1. The van der Waals surface area contributed by atoms with Gasteiger partial charge in [-0.05, 0) is 39.0 Å². The molecule has 0 atom stereocenters. The van der Waals surface area contributed by atoms with Gasteiger partial charge < -0.3 is 15.4 Å². The van der Waals surface area contributed by atoms with E-state index in [2.05, 4.69) is 0 Å². The number of ether oxygens (including phenoxy) is 1. The van der Waals surface area contributed by atoms with E-state index in [1.54, 1.807) is 17.0 Å². The fourth-order valence-corrected chi connectivity index (χ4v) is 2.36. The number of anilines is 2. The molecule has 1 aliphatic rings. The number of carbonyl (C=O) groups is 2. The third kappa shape index (κ3) is 4.25. The van der Waals surface area contributed by atoms with E-state index in [-0.39, 0.29) is 6.09 Å². The Labute approximate surface area is 136 Å². The highest BCUT2D eigenvalue weighted by atomic mass is 16.6. The maximum absolute atomic E-state index is 12.1. The molecule has 0 saturated carbocycles. The third-order valence-electron chi connectivity index (χ3n) is 3.45. The molecule has 1 aliphatic heterocycles. The lowest BCUT2D eigenvalue weighted by Crippen LogP contribution is -2.40. The number of nitrogens with two attached hydrogens (primary N) is 1. The Balaban J connectivity index is 2.10. The molecule has 1 aromatic rings. The van der Waals surface area contributed by atoms with Gasteiger partial charge in [-0.2, -0.15) is 0 Å². The second-order valence-corrected chi connectivity index (χ2v) is 6.41. The first-order chi connectivity index (χ1) is 10.8. The zero-order valence-electron chi connectivity index (χ0n) is 13.8. The topological polar surface area (TPSA) is 75.9 Å². The molecule has 2 N–H and O–H groups in total. The van der Waals surface area contributed by atoms with Crippen LogP contribution in [0.4, 0.5) is 16.2 Å². The van der Waals surface area contributed by atoms with Crippen LogP contribution < -0.4 is 10.6 Å². The zero-order valence-corrected chi connectivity index (χ0v) is 13.8. The van der Waals surface area contributed by atoms with Gasteiger partial charge in [0.1, 0.15) is 5.60 Å². The standard InChI is InChI=1S/C17H23N3O3/c1-17(2,3)23-16(22)19-10-8-13(9-11-19)20(12-21)15-7-5-4-6-14(15)18/h4-8,12H,9-11,18H2,1-3H3. The van der Waals surface area contributed by atoms with Crippen LogP contribution in [0.2, 0.25) is 0 Å². The van der Waals surface area contributed by atoms with E-state index in [1.807, 2.05) is 39.0 Å². The van der Waals surface area contributed by atoms with Crippen molar-refractivity contribution in [3.8, 4) is 0 Å². The van der Waals surface area contributed by atoms with Crippen molar-refractivity contribution in [3.63, 3.8) is 0 Å². The van der Waals surface area contributed by atoms with Gasteiger partial charge in [0.15, 0.2) is 0 Å². The molecule has 0 aliphatic carbocycles. The fourth-order valence-electron chi connectivity index (χ4n) is 2.36. The smallest absolute Gasteiger partial charge is 0.410 e. The Bertz CT molecular complexity index is 620. The van der Waals surface area contributed by atoms with Gasteiger partial charge in [-0.25, -0.2) is 4.79 Å². The van der Waals surface area contributed by atoms with Gasteiger partial charge >= 0.3 is 6.09 Å². The monoisotopic (exact) mass is 317 g/mol.